The minimum atomic E-state index is -0.207. The Labute approximate surface area is 104 Å². The van der Waals surface area contributed by atoms with Crippen LogP contribution in [0.4, 0.5) is 0 Å². The van der Waals surface area contributed by atoms with Gasteiger partial charge in [-0.25, -0.2) is 4.98 Å². The van der Waals surface area contributed by atoms with Crippen molar-refractivity contribution < 1.29 is 5.11 Å². The second-order valence-corrected chi connectivity index (χ2v) is 5.43. The third-order valence-corrected chi connectivity index (χ3v) is 4.07. The largest absolute Gasteiger partial charge is 0.394 e. The molecule has 0 aliphatic carbocycles. The van der Waals surface area contributed by atoms with Gasteiger partial charge in [-0.05, 0) is 23.8 Å². The maximum Gasteiger partial charge on any atom is 0.271 e. The zero-order valence-electron chi connectivity index (χ0n) is 10.2. The van der Waals surface area contributed by atoms with Crippen molar-refractivity contribution in [2.45, 2.75) is 26.8 Å². The lowest BCUT2D eigenvalue weighted by atomic mass is 10.1. The van der Waals surface area contributed by atoms with E-state index in [1.54, 1.807) is 10.9 Å². The van der Waals surface area contributed by atoms with Gasteiger partial charge < -0.3 is 5.11 Å². The van der Waals surface area contributed by atoms with Gasteiger partial charge in [0, 0.05) is 0 Å². The van der Waals surface area contributed by atoms with Crippen molar-refractivity contribution in [2.24, 2.45) is 5.92 Å². The summed E-state index contributed by atoms with van der Waals surface area (Å²) in [7, 11) is 0. The van der Waals surface area contributed by atoms with Crippen LogP contribution < -0.4 is 5.56 Å². The molecular weight excluding hydrogens is 236 g/mol. The molecule has 0 aliphatic heterocycles. The molecule has 0 amide bonds. The lowest BCUT2D eigenvalue weighted by Gasteiger charge is -2.20. The molecule has 1 N–H and O–H groups in total. The smallest absolute Gasteiger partial charge is 0.271 e. The molecule has 2 aromatic heterocycles. The molecule has 0 radical (unpaired) electrons. The summed E-state index contributed by atoms with van der Waals surface area (Å²) in [6.45, 7) is 5.87. The fourth-order valence-electron chi connectivity index (χ4n) is 1.90. The second kappa shape index (κ2) is 4.58. The lowest BCUT2D eigenvalue weighted by Crippen LogP contribution is -2.30. The van der Waals surface area contributed by atoms with Crippen LogP contribution in [0.1, 0.15) is 25.5 Å². The van der Waals surface area contributed by atoms with Gasteiger partial charge in [0.25, 0.3) is 5.56 Å². The predicted octanol–water partition coefficient (Wildman–Crippen LogP) is 1.96. The summed E-state index contributed by atoms with van der Waals surface area (Å²) in [5, 5.41) is 11.3. The average molecular weight is 252 g/mol. The summed E-state index contributed by atoms with van der Waals surface area (Å²) in [5.74, 6) is 0.193. The molecule has 0 unspecified atom stereocenters. The summed E-state index contributed by atoms with van der Waals surface area (Å²) >= 11 is 1.42. The predicted molar refractivity (Wildman–Crippen MR) is 69.6 cm³/mol. The van der Waals surface area contributed by atoms with Crippen molar-refractivity contribution in [3.8, 4) is 0 Å². The highest BCUT2D eigenvalue weighted by atomic mass is 32.1. The van der Waals surface area contributed by atoms with Crippen LogP contribution in [0.25, 0.3) is 10.2 Å². The van der Waals surface area contributed by atoms with E-state index in [4.69, 9.17) is 0 Å². The first-order valence-electron chi connectivity index (χ1n) is 5.62. The highest BCUT2D eigenvalue weighted by Gasteiger charge is 2.18. The van der Waals surface area contributed by atoms with E-state index in [1.807, 2.05) is 26.2 Å². The van der Waals surface area contributed by atoms with E-state index in [9.17, 15) is 9.90 Å². The average Bonchev–Trinajstić information content (AvgIpc) is 2.65. The van der Waals surface area contributed by atoms with E-state index in [-0.39, 0.29) is 24.1 Å². The van der Waals surface area contributed by atoms with Crippen molar-refractivity contribution in [2.75, 3.05) is 6.61 Å². The number of hydrogen-bond acceptors (Lipinski definition) is 4. The monoisotopic (exact) mass is 252 g/mol. The van der Waals surface area contributed by atoms with Crippen LogP contribution in [-0.4, -0.2) is 21.3 Å². The molecule has 0 bridgehead atoms. The van der Waals surface area contributed by atoms with E-state index < -0.39 is 0 Å². The third-order valence-electron chi connectivity index (χ3n) is 3.00. The minimum Gasteiger partial charge on any atom is -0.394 e. The van der Waals surface area contributed by atoms with Gasteiger partial charge in [-0.15, -0.1) is 11.3 Å². The van der Waals surface area contributed by atoms with Gasteiger partial charge in [-0.2, -0.15) is 0 Å². The van der Waals surface area contributed by atoms with Crippen LogP contribution >= 0.6 is 11.3 Å². The van der Waals surface area contributed by atoms with Crippen LogP contribution in [-0.2, 0) is 0 Å². The van der Waals surface area contributed by atoms with Crippen LogP contribution in [0, 0.1) is 12.8 Å². The molecule has 2 aromatic rings. The number of aromatic nitrogens is 2. The molecule has 1 atom stereocenters. The Morgan fingerprint density at radius 1 is 1.53 bits per heavy atom. The molecule has 0 spiro atoms. The number of aliphatic hydroxyl groups is 1. The van der Waals surface area contributed by atoms with E-state index in [1.165, 1.54) is 11.3 Å². The highest BCUT2D eigenvalue weighted by molar-refractivity contribution is 7.17. The molecule has 17 heavy (non-hydrogen) atoms. The first-order valence-corrected chi connectivity index (χ1v) is 6.50. The number of nitrogens with zero attached hydrogens (tertiary/aromatic N) is 2. The molecule has 2 heterocycles. The Morgan fingerprint density at radius 2 is 2.24 bits per heavy atom. The molecular formula is C12H16N2O2S. The summed E-state index contributed by atoms with van der Waals surface area (Å²) in [6, 6.07) is -0.207. The van der Waals surface area contributed by atoms with Crippen LogP contribution in [0.15, 0.2) is 16.5 Å². The quantitative estimate of drug-likeness (QED) is 0.908. The maximum absolute atomic E-state index is 12.3. The summed E-state index contributed by atoms with van der Waals surface area (Å²) < 4.78 is 2.22. The van der Waals surface area contributed by atoms with E-state index >= 15 is 0 Å². The van der Waals surface area contributed by atoms with Crippen LogP contribution in [0.3, 0.4) is 0 Å². The standard InChI is InChI=1S/C12H16N2O2S/c1-7(2)9(4-15)14-6-13-10-8(3)5-17-11(10)12(14)16/h5-7,9,15H,4H2,1-3H3/t9-/m1/s1. The van der Waals surface area contributed by atoms with Crippen LogP contribution in [0.2, 0.25) is 0 Å². The Bertz CT molecular complexity index is 586. The molecule has 92 valence electrons. The Hall–Kier alpha value is -1.20. The number of aliphatic hydroxyl groups excluding tert-OH is 1. The van der Waals surface area contributed by atoms with E-state index in [0.29, 0.717) is 4.70 Å². The summed E-state index contributed by atoms with van der Waals surface area (Å²) in [6.07, 6.45) is 1.55. The van der Waals surface area contributed by atoms with Gasteiger partial charge in [-0.1, -0.05) is 13.8 Å². The molecule has 0 aliphatic rings. The molecule has 4 nitrogen and oxygen atoms in total. The number of thiophene rings is 1. The van der Waals surface area contributed by atoms with E-state index in [0.717, 1.165) is 11.1 Å². The van der Waals surface area contributed by atoms with Crippen molar-refractivity contribution in [3.63, 3.8) is 0 Å². The first-order chi connectivity index (χ1) is 8.06. The Kier molecular flexibility index (Phi) is 3.31. The zero-order valence-corrected chi connectivity index (χ0v) is 11.0. The van der Waals surface area contributed by atoms with Crippen molar-refractivity contribution in [1.82, 2.24) is 9.55 Å². The number of rotatable bonds is 3. The van der Waals surface area contributed by atoms with Gasteiger partial charge in [0.1, 0.15) is 4.70 Å². The minimum absolute atomic E-state index is 0.0465. The van der Waals surface area contributed by atoms with E-state index in [2.05, 4.69) is 4.98 Å². The lowest BCUT2D eigenvalue weighted by molar-refractivity contribution is 0.189. The van der Waals surface area contributed by atoms with Gasteiger partial charge >= 0.3 is 0 Å². The van der Waals surface area contributed by atoms with Crippen molar-refractivity contribution in [1.29, 1.82) is 0 Å². The number of aryl methyl sites for hydroxylation is 1. The fraction of sp³-hybridized carbons (Fsp3) is 0.500. The number of fused-ring (bicyclic) bond motifs is 1. The molecule has 0 saturated carbocycles. The fourth-order valence-corrected chi connectivity index (χ4v) is 2.83. The van der Waals surface area contributed by atoms with Gasteiger partial charge in [0.2, 0.25) is 0 Å². The first kappa shape index (κ1) is 12.3. The molecule has 0 fully saturated rings. The van der Waals surface area contributed by atoms with Crippen molar-refractivity contribution >= 4 is 21.6 Å². The molecule has 2 rings (SSSR count). The second-order valence-electron chi connectivity index (χ2n) is 4.55. The topological polar surface area (TPSA) is 55.1 Å². The normalized spacial score (nSPS) is 13.5. The third kappa shape index (κ3) is 2.00. The summed E-state index contributed by atoms with van der Waals surface area (Å²) in [5.41, 5.74) is 1.75. The van der Waals surface area contributed by atoms with Crippen molar-refractivity contribution in [3.05, 3.63) is 27.6 Å². The molecule has 5 heteroatoms. The Balaban J connectivity index is 2.64. The molecule has 0 saturated heterocycles. The zero-order chi connectivity index (χ0) is 12.6. The van der Waals surface area contributed by atoms with Gasteiger partial charge in [0.05, 0.1) is 24.5 Å². The van der Waals surface area contributed by atoms with Gasteiger partial charge in [0.15, 0.2) is 0 Å². The Morgan fingerprint density at radius 3 is 2.82 bits per heavy atom. The van der Waals surface area contributed by atoms with Crippen LogP contribution in [0.5, 0.6) is 0 Å². The maximum atomic E-state index is 12.3. The SMILES string of the molecule is Cc1csc2c(=O)n([C@H](CO)C(C)C)cnc12. The number of hydrogen-bond donors (Lipinski definition) is 1. The van der Waals surface area contributed by atoms with Gasteiger partial charge in [-0.3, -0.25) is 9.36 Å². The molecule has 0 aromatic carbocycles. The highest BCUT2D eigenvalue weighted by Crippen LogP contribution is 2.21. The summed E-state index contributed by atoms with van der Waals surface area (Å²) in [4.78, 5) is 16.6.